The highest BCUT2D eigenvalue weighted by Gasteiger charge is 2.21. The highest BCUT2D eigenvalue weighted by atomic mass is 16.6. The molecule has 1 heterocycles. The molecule has 0 fully saturated rings. The second-order valence-corrected chi connectivity index (χ2v) is 8.84. The van der Waals surface area contributed by atoms with Gasteiger partial charge in [0.15, 0.2) is 5.75 Å². The predicted molar refractivity (Wildman–Crippen MR) is 122 cm³/mol. The lowest BCUT2D eigenvalue weighted by Crippen LogP contribution is -2.22. The van der Waals surface area contributed by atoms with Crippen molar-refractivity contribution in [1.82, 2.24) is 0 Å². The van der Waals surface area contributed by atoms with Crippen molar-refractivity contribution in [3.8, 4) is 17.2 Å². The van der Waals surface area contributed by atoms with E-state index < -0.39 is 11.6 Å². The lowest BCUT2D eigenvalue weighted by molar-refractivity contribution is -0.132. The van der Waals surface area contributed by atoms with Gasteiger partial charge in [0.05, 0.1) is 12.0 Å². The average Bonchev–Trinajstić information content (AvgIpc) is 2.67. The molecule has 0 N–H and O–H groups in total. The first-order valence-corrected chi connectivity index (χ1v) is 11.3. The van der Waals surface area contributed by atoms with Crippen molar-refractivity contribution in [3.63, 3.8) is 0 Å². The molecule has 0 unspecified atom stereocenters. The molecule has 0 aliphatic carbocycles. The van der Waals surface area contributed by atoms with Crippen LogP contribution in [-0.4, -0.2) is 18.2 Å². The lowest BCUT2D eigenvalue weighted by atomic mass is 10.1. The molecule has 0 amide bonds. The van der Waals surface area contributed by atoms with Gasteiger partial charge in [0.25, 0.3) is 5.75 Å². The molecule has 2 aromatic rings. The van der Waals surface area contributed by atoms with Gasteiger partial charge in [-0.3, -0.25) is 4.79 Å². The summed E-state index contributed by atoms with van der Waals surface area (Å²) in [4.78, 5) is 24.0. The van der Waals surface area contributed by atoms with E-state index >= 15 is 0 Å². The van der Waals surface area contributed by atoms with Gasteiger partial charge in [-0.15, -0.1) is 0 Å². The average molecular weight is 433 g/mol. The van der Waals surface area contributed by atoms with Crippen LogP contribution < -0.4 is 19.8 Å². The lowest BCUT2D eigenvalue weighted by Gasteiger charge is -2.21. The van der Waals surface area contributed by atoms with E-state index in [1.54, 1.807) is 18.2 Å². The standard InChI is InChI=1S/C25H36O6/c1-6-7-8-9-10-11-12-13-16-28-22-20-15-14-19(31-25(3,4)5)17-21(20)30-24(27)23(22)29-18(2)26/h14-15,17H,6-13,16H2,1-5H3. The van der Waals surface area contributed by atoms with Crippen molar-refractivity contribution < 1.29 is 23.4 Å². The summed E-state index contributed by atoms with van der Waals surface area (Å²) in [5.41, 5.74) is -0.809. The van der Waals surface area contributed by atoms with Crippen LogP contribution in [0.25, 0.3) is 11.0 Å². The number of rotatable bonds is 12. The zero-order valence-corrected chi connectivity index (χ0v) is 19.5. The summed E-state index contributed by atoms with van der Waals surface area (Å²) >= 11 is 0. The SMILES string of the molecule is CCCCCCCCCCOc1c(OC(C)=O)c(=O)oc2cc(OC(C)(C)C)ccc12. The molecular formula is C25H36O6. The Morgan fingerprint density at radius 1 is 0.968 bits per heavy atom. The molecule has 0 spiro atoms. The fraction of sp³-hybridized carbons (Fsp3) is 0.600. The third-order valence-corrected chi connectivity index (χ3v) is 4.71. The third kappa shape index (κ3) is 8.27. The van der Waals surface area contributed by atoms with E-state index in [-0.39, 0.29) is 17.1 Å². The molecule has 2 rings (SSSR count). The summed E-state index contributed by atoms with van der Waals surface area (Å²) in [7, 11) is 0. The Bertz CT molecular complexity index is 907. The Morgan fingerprint density at radius 3 is 2.23 bits per heavy atom. The Morgan fingerprint density at radius 2 is 1.61 bits per heavy atom. The number of esters is 1. The molecule has 0 atom stereocenters. The molecule has 1 aromatic heterocycles. The number of carbonyl (C=O) groups excluding carboxylic acids is 1. The van der Waals surface area contributed by atoms with Crippen molar-refractivity contribution in [1.29, 1.82) is 0 Å². The molecule has 6 heteroatoms. The quantitative estimate of drug-likeness (QED) is 0.219. The number of hydrogen-bond acceptors (Lipinski definition) is 6. The van der Waals surface area contributed by atoms with Gasteiger partial charge in [-0.25, -0.2) is 4.79 Å². The van der Waals surface area contributed by atoms with Gasteiger partial charge >= 0.3 is 11.6 Å². The molecule has 0 saturated heterocycles. The Hall–Kier alpha value is -2.50. The normalized spacial score (nSPS) is 11.5. The molecule has 0 aliphatic heterocycles. The molecular weight excluding hydrogens is 396 g/mol. The summed E-state index contributed by atoms with van der Waals surface area (Å²) in [6.07, 6.45) is 9.43. The number of unbranched alkanes of at least 4 members (excludes halogenated alkanes) is 7. The molecule has 172 valence electrons. The van der Waals surface area contributed by atoms with E-state index in [0.29, 0.717) is 23.3 Å². The van der Waals surface area contributed by atoms with E-state index in [0.717, 1.165) is 19.3 Å². The van der Waals surface area contributed by atoms with Crippen LogP contribution in [0.1, 0.15) is 86.0 Å². The predicted octanol–water partition coefficient (Wildman–Crippen LogP) is 6.42. The van der Waals surface area contributed by atoms with Gasteiger partial charge in [0.1, 0.15) is 16.9 Å². The van der Waals surface area contributed by atoms with Gasteiger partial charge in [0, 0.05) is 13.0 Å². The number of benzene rings is 1. The number of hydrogen-bond donors (Lipinski definition) is 0. The first kappa shape index (κ1) is 24.8. The second-order valence-electron chi connectivity index (χ2n) is 8.84. The summed E-state index contributed by atoms with van der Waals surface area (Å²) in [5.74, 6) is 0.0180. The van der Waals surface area contributed by atoms with Gasteiger partial charge in [-0.05, 0) is 39.3 Å². The molecule has 0 bridgehead atoms. The summed E-state index contributed by atoms with van der Waals surface area (Å²) in [5, 5.41) is 0.566. The fourth-order valence-electron chi connectivity index (χ4n) is 3.34. The molecule has 1 aromatic carbocycles. The number of ether oxygens (including phenoxy) is 3. The minimum atomic E-state index is -0.749. The third-order valence-electron chi connectivity index (χ3n) is 4.71. The maximum Gasteiger partial charge on any atom is 0.383 e. The maximum atomic E-state index is 12.5. The van der Waals surface area contributed by atoms with E-state index in [1.807, 2.05) is 20.8 Å². The molecule has 6 nitrogen and oxygen atoms in total. The zero-order valence-electron chi connectivity index (χ0n) is 19.5. The minimum Gasteiger partial charge on any atom is -0.489 e. The van der Waals surface area contributed by atoms with Crippen molar-refractivity contribution in [2.75, 3.05) is 6.61 Å². The minimum absolute atomic E-state index is 0.205. The van der Waals surface area contributed by atoms with Crippen LogP contribution in [0.5, 0.6) is 17.2 Å². The first-order chi connectivity index (χ1) is 14.7. The Kier molecular flexibility index (Phi) is 9.41. The van der Waals surface area contributed by atoms with Crippen molar-refractivity contribution in [2.24, 2.45) is 0 Å². The first-order valence-electron chi connectivity index (χ1n) is 11.3. The van der Waals surface area contributed by atoms with E-state index in [2.05, 4.69) is 6.92 Å². The van der Waals surface area contributed by atoms with E-state index in [1.165, 1.54) is 39.0 Å². The van der Waals surface area contributed by atoms with Crippen LogP contribution in [0.3, 0.4) is 0 Å². The highest BCUT2D eigenvalue weighted by Crippen LogP contribution is 2.35. The Balaban J connectivity index is 2.13. The van der Waals surface area contributed by atoms with Crippen LogP contribution in [0.4, 0.5) is 0 Å². The monoisotopic (exact) mass is 432 g/mol. The van der Waals surface area contributed by atoms with Gasteiger partial charge in [0.2, 0.25) is 0 Å². The van der Waals surface area contributed by atoms with Crippen molar-refractivity contribution in [2.45, 2.75) is 91.6 Å². The topological polar surface area (TPSA) is 75.0 Å². The number of fused-ring (bicyclic) bond motifs is 1. The summed E-state index contributed by atoms with van der Waals surface area (Å²) < 4.78 is 22.3. The van der Waals surface area contributed by atoms with Gasteiger partial charge < -0.3 is 18.6 Å². The largest absolute Gasteiger partial charge is 0.489 e. The van der Waals surface area contributed by atoms with E-state index in [9.17, 15) is 9.59 Å². The van der Waals surface area contributed by atoms with Crippen molar-refractivity contribution in [3.05, 3.63) is 28.6 Å². The van der Waals surface area contributed by atoms with Crippen molar-refractivity contribution >= 4 is 16.9 Å². The fourth-order valence-corrected chi connectivity index (χ4v) is 3.34. The van der Waals surface area contributed by atoms with Gasteiger partial charge in [-0.2, -0.15) is 0 Å². The van der Waals surface area contributed by atoms with Crippen LogP contribution in [0.2, 0.25) is 0 Å². The summed E-state index contributed by atoms with van der Waals surface area (Å²) in [6, 6.07) is 5.20. The molecule has 31 heavy (non-hydrogen) atoms. The molecule has 0 saturated carbocycles. The van der Waals surface area contributed by atoms with E-state index in [4.69, 9.17) is 18.6 Å². The molecule has 0 radical (unpaired) electrons. The molecule has 0 aliphatic rings. The van der Waals surface area contributed by atoms with Gasteiger partial charge in [-0.1, -0.05) is 51.9 Å². The van der Waals surface area contributed by atoms with Crippen LogP contribution in [0, 0.1) is 0 Å². The van der Waals surface area contributed by atoms with Crippen LogP contribution in [-0.2, 0) is 4.79 Å². The summed E-state index contributed by atoms with van der Waals surface area (Å²) in [6.45, 7) is 9.71. The van der Waals surface area contributed by atoms with Crippen LogP contribution in [0.15, 0.2) is 27.4 Å². The maximum absolute atomic E-state index is 12.5. The Labute approximate surface area is 184 Å². The smallest absolute Gasteiger partial charge is 0.383 e. The van der Waals surface area contributed by atoms with Crippen LogP contribution >= 0.6 is 0 Å². The highest BCUT2D eigenvalue weighted by molar-refractivity contribution is 5.87. The second kappa shape index (κ2) is 11.8. The number of carbonyl (C=O) groups is 1. The zero-order chi connectivity index (χ0) is 22.9.